The molecular weight excluding hydrogens is 231 g/mol. The molecule has 0 aliphatic heterocycles. The second kappa shape index (κ2) is 15.3. The Bertz CT molecular complexity index is 160. The molecule has 0 bridgehead atoms. The van der Waals surface area contributed by atoms with Crippen molar-refractivity contribution in [3.05, 3.63) is 55.5 Å². The van der Waals surface area contributed by atoms with Crippen molar-refractivity contribution in [3.63, 3.8) is 0 Å². The van der Waals surface area contributed by atoms with Crippen LogP contribution in [0.4, 0.5) is 0 Å². The van der Waals surface area contributed by atoms with Crippen molar-refractivity contribution in [2.24, 2.45) is 0 Å². The molecule has 2 rings (SSSR count). The van der Waals surface area contributed by atoms with Gasteiger partial charge in [0.2, 0.25) is 0 Å². The van der Waals surface area contributed by atoms with Gasteiger partial charge in [0.1, 0.15) is 0 Å². The number of alkyl halides is 1. The van der Waals surface area contributed by atoms with Crippen LogP contribution in [-0.4, -0.2) is 5.88 Å². The fraction of sp³-hybridized carbons (Fsp3) is 0.250. The first-order valence-electron chi connectivity index (χ1n) is 4.20. The van der Waals surface area contributed by atoms with Gasteiger partial charge >= 0.3 is 0 Å². The van der Waals surface area contributed by atoms with Crippen molar-refractivity contribution in [2.75, 3.05) is 5.88 Å². The Morgan fingerprint density at radius 1 is 1.07 bits per heavy atom. The summed E-state index contributed by atoms with van der Waals surface area (Å²) in [6.07, 6.45) is 20.0. The minimum absolute atomic E-state index is 0. The summed E-state index contributed by atoms with van der Waals surface area (Å²) >= 11 is 4.89. The molecule has 0 amide bonds. The van der Waals surface area contributed by atoms with E-state index in [-0.39, 0.29) is 18.6 Å². The Morgan fingerprint density at radius 3 is 1.50 bits per heavy atom. The van der Waals surface area contributed by atoms with E-state index in [0.717, 1.165) is 12.8 Å². The van der Waals surface area contributed by atoms with Crippen LogP contribution >= 0.6 is 11.6 Å². The smallest absolute Gasteiger partial charge is 0 e. The van der Waals surface area contributed by atoms with Crippen molar-refractivity contribution in [3.8, 4) is 0 Å². The van der Waals surface area contributed by atoms with Crippen molar-refractivity contribution < 1.29 is 18.6 Å². The van der Waals surface area contributed by atoms with E-state index < -0.39 is 0 Å². The first kappa shape index (κ1) is 16.3. The van der Waals surface area contributed by atoms with E-state index in [0.29, 0.717) is 5.88 Å². The second-order valence-electron chi connectivity index (χ2n) is 2.20. The van der Waals surface area contributed by atoms with Crippen LogP contribution in [-0.2, 0) is 18.6 Å². The van der Waals surface area contributed by atoms with Crippen molar-refractivity contribution in [1.82, 2.24) is 0 Å². The monoisotopic (exact) mass is 244 g/mol. The molecule has 0 heterocycles. The third kappa shape index (κ3) is 14.4. The maximum atomic E-state index is 4.89. The zero-order chi connectivity index (χ0) is 9.78. The molecule has 2 heteroatoms. The topological polar surface area (TPSA) is 0 Å². The van der Waals surface area contributed by atoms with Gasteiger partial charge in [-0.15, -0.1) is 18.7 Å². The van der Waals surface area contributed by atoms with Gasteiger partial charge < -0.3 is 6.92 Å². The molecule has 2 aliphatic rings. The van der Waals surface area contributed by atoms with Crippen LogP contribution in [0.15, 0.2) is 36.5 Å². The van der Waals surface area contributed by atoms with Gasteiger partial charge in [-0.2, -0.15) is 23.8 Å². The maximum Gasteiger partial charge on any atom is 0 e. The number of rotatable bonds is 0. The standard InChI is InChI=1S/2C5H5.C2H4Cl.V/c2*1-2-4-5-3-1;1-2-3;/h2*1-3H,4H2;1-2H2;/q3*-1;. The summed E-state index contributed by atoms with van der Waals surface area (Å²) in [6.45, 7) is 3.25. The maximum absolute atomic E-state index is 4.89. The molecule has 0 spiro atoms. The summed E-state index contributed by atoms with van der Waals surface area (Å²) in [4.78, 5) is 0. The predicted octanol–water partition coefficient (Wildman–Crippen LogP) is 3.67. The van der Waals surface area contributed by atoms with Crippen LogP contribution in [0.1, 0.15) is 12.8 Å². The SMILES string of the molecule is [C-]1=CC=CC1.[C-]1=CC=CC1.[CH2-]CCl.[V]. The first-order chi connectivity index (χ1) is 6.41. The first-order valence-corrected chi connectivity index (χ1v) is 4.74. The summed E-state index contributed by atoms with van der Waals surface area (Å²) < 4.78 is 0. The molecule has 0 atom stereocenters. The average Bonchev–Trinajstić information content (AvgIpc) is 2.85. The minimum atomic E-state index is 0. The molecular formula is C12H14ClV-3. The third-order valence-electron chi connectivity index (χ3n) is 1.17. The van der Waals surface area contributed by atoms with Gasteiger partial charge in [0, 0.05) is 18.6 Å². The van der Waals surface area contributed by atoms with E-state index in [1.165, 1.54) is 0 Å². The van der Waals surface area contributed by atoms with Crippen molar-refractivity contribution in [1.29, 1.82) is 0 Å². The van der Waals surface area contributed by atoms with Gasteiger partial charge in [0.25, 0.3) is 0 Å². The van der Waals surface area contributed by atoms with Gasteiger partial charge in [-0.3, -0.25) is 12.2 Å². The molecule has 0 N–H and O–H groups in total. The number of halogens is 1. The molecule has 0 aromatic rings. The molecule has 77 valence electrons. The molecule has 0 aromatic heterocycles. The van der Waals surface area contributed by atoms with E-state index in [1.54, 1.807) is 0 Å². The average molecular weight is 245 g/mol. The largest absolute Gasteiger partial charge is 0.329 e. The van der Waals surface area contributed by atoms with Gasteiger partial charge in [-0.25, -0.2) is 24.3 Å². The Morgan fingerprint density at radius 2 is 1.43 bits per heavy atom. The molecule has 0 saturated heterocycles. The Labute approximate surface area is 104 Å². The quantitative estimate of drug-likeness (QED) is 0.451. The number of hydrogen-bond acceptors (Lipinski definition) is 0. The molecule has 2 aliphatic carbocycles. The van der Waals surface area contributed by atoms with E-state index >= 15 is 0 Å². The number of hydrogen-bond donors (Lipinski definition) is 0. The molecule has 0 aromatic carbocycles. The normalized spacial score (nSPS) is 13.9. The minimum Gasteiger partial charge on any atom is -0.329 e. The van der Waals surface area contributed by atoms with E-state index in [2.05, 4.69) is 31.2 Å². The molecule has 1 radical (unpaired) electrons. The summed E-state index contributed by atoms with van der Waals surface area (Å²) in [5, 5.41) is 0. The fourth-order valence-corrected chi connectivity index (χ4v) is 0.680. The molecule has 0 unspecified atom stereocenters. The van der Waals surface area contributed by atoms with Crippen molar-refractivity contribution in [2.45, 2.75) is 12.8 Å². The summed E-state index contributed by atoms with van der Waals surface area (Å²) in [7, 11) is 0. The Hall–Kier alpha value is -0.166. The van der Waals surface area contributed by atoms with Gasteiger partial charge in [-0.1, -0.05) is 0 Å². The molecule has 0 saturated carbocycles. The fourth-order valence-electron chi connectivity index (χ4n) is 0.680. The second-order valence-corrected chi connectivity index (χ2v) is 2.57. The summed E-state index contributed by atoms with van der Waals surface area (Å²) in [5.74, 6) is 0.472. The predicted molar refractivity (Wildman–Crippen MR) is 59.2 cm³/mol. The van der Waals surface area contributed by atoms with Crippen LogP contribution < -0.4 is 0 Å². The van der Waals surface area contributed by atoms with Crippen LogP contribution in [0.2, 0.25) is 0 Å². The number of allylic oxidation sites excluding steroid dienone is 8. The molecule has 0 nitrogen and oxygen atoms in total. The van der Waals surface area contributed by atoms with E-state index in [9.17, 15) is 0 Å². The Balaban J connectivity index is 0. The van der Waals surface area contributed by atoms with Gasteiger partial charge in [-0.05, 0) is 0 Å². The van der Waals surface area contributed by atoms with Crippen LogP contribution in [0, 0.1) is 19.1 Å². The zero-order valence-corrected chi connectivity index (χ0v) is 10.3. The third-order valence-corrected chi connectivity index (χ3v) is 1.17. The van der Waals surface area contributed by atoms with Crippen LogP contribution in [0.3, 0.4) is 0 Å². The Kier molecular flexibility index (Phi) is 17.8. The van der Waals surface area contributed by atoms with Crippen molar-refractivity contribution >= 4 is 11.6 Å². The van der Waals surface area contributed by atoms with Crippen LogP contribution in [0.5, 0.6) is 0 Å². The van der Waals surface area contributed by atoms with E-state index in [1.807, 2.05) is 24.3 Å². The molecule has 0 fully saturated rings. The summed E-state index contributed by atoms with van der Waals surface area (Å²) in [6, 6.07) is 0. The van der Waals surface area contributed by atoms with Crippen LogP contribution in [0.25, 0.3) is 0 Å². The van der Waals surface area contributed by atoms with E-state index in [4.69, 9.17) is 11.6 Å². The summed E-state index contributed by atoms with van der Waals surface area (Å²) in [5.41, 5.74) is 0. The zero-order valence-electron chi connectivity index (χ0n) is 8.12. The van der Waals surface area contributed by atoms with Gasteiger partial charge in [0.05, 0.1) is 0 Å². The van der Waals surface area contributed by atoms with Gasteiger partial charge in [0.15, 0.2) is 0 Å². The molecule has 14 heavy (non-hydrogen) atoms.